The zero-order chi connectivity index (χ0) is 15.5. The van der Waals surface area contributed by atoms with Crippen LogP contribution in [-0.2, 0) is 4.79 Å². The van der Waals surface area contributed by atoms with Crippen LogP contribution in [0, 0.1) is 0 Å². The Morgan fingerprint density at radius 3 is 2.68 bits per heavy atom. The first-order chi connectivity index (χ1) is 10.6. The number of rotatable bonds is 3. The Bertz CT molecular complexity index is 599. The molecular weight excluding hydrogens is 323 g/mol. The summed E-state index contributed by atoms with van der Waals surface area (Å²) in [5.74, 6) is 0.715. The van der Waals surface area contributed by atoms with Gasteiger partial charge < -0.3 is 5.32 Å². The highest BCUT2D eigenvalue weighted by Gasteiger charge is 2.20. The Morgan fingerprint density at radius 2 is 1.95 bits per heavy atom. The highest BCUT2D eigenvalue weighted by molar-refractivity contribution is 6.42. The van der Waals surface area contributed by atoms with E-state index in [-0.39, 0.29) is 5.91 Å². The molecule has 1 N–H and O–H groups in total. The van der Waals surface area contributed by atoms with Crippen molar-refractivity contribution in [2.75, 3.05) is 31.2 Å². The number of benzene rings is 1. The van der Waals surface area contributed by atoms with E-state index in [1.165, 1.54) is 12.8 Å². The van der Waals surface area contributed by atoms with Crippen LogP contribution in [0.1, 0.15) is 19.3 Å². The number of nitrogens with one attached hydrogen (secondary N) is 1. The van der Waals surface area contributed by atoms with Crippen LogP contribution < -0.4 is 10.3 Å². The van der Waals surface area contributed by atoms with Crippen molar-refractivity contribution in [1.82, 2.24) is 10.2 Å². The lowest BCUT2D eigenvalue weighted by Gasteiger charge is -2.14. The highest BCUT2D eigenvalue weighted by atomic mass is 35.5. The summed E-state index contributed by atoms with van der Waals surface area (Å²) in [6, 6.07) is 5.40. The monoisotopic (exact) mass is 340 g/mol. The molecule has 7 heteroatoms. The molecule has 1 aromatic carbocycles. The number of hydrogen-bond donors (Lipinski definition) is 1. The third-order valence-electron chi connectivity index (χ3n) is 3.85. The maximum absolute atomic E-state index is 12.0. The Morgan fingerprint density at radius 1 is 1.18 bits per heavy atom. The molecular formula is C15H18Cl2N4O. The average Bonchev–Trinajstić information content (AvgIpc) is 3.13. The van der Waals surface area contributed by atoms with Gasteiger partial charge in [0.2, 0.25) is 5.91 Å². The minimum absolute atomic E-state index is 0.0108. The van der Waals surface area contributed by atoms with Gasteiger partial charge in [0.15, 0.2) is 0 Å². The average molecular weight is 341 g/mol. The Balaban J connectivity index is 1.58. The zero-order valence-electron chi connectivity index (χ0n) is 12.2. The van der Waals surface area contributed by atoms with E-state index in [4.69, 9.17) is 23.2 Å². The molecule has 0 atom stereocenters. The molecule has 0 radical (unpaired) electrons. The molecule has 0 unspecified atom stereocenters. The number of anilines is 1. The lowest BCUT2D eigenvalue weighted by atomic mass is 10.3. The molecule has 0 aliphatic carbocycles. The Labute approximate surface area is 139 Å². The summed E-state index contributed by atoms with van der Waals surface area (Å²) < 4.78 is 0. The molecule has 22 heavy (non-hydrogen) atoms. The predicted octanol–water partition coefficient (Wildman–Crippen LogP) is 2.73. The first-order valence-corrected chi connectivity index (χ1v) is 8.20. The largest absolute Gasteiger partial charge is 0.312 e. The Kier molecular flexibility index (Phi) is 4.86. The van der Waals surface area contributed by atoms with Gasteiger partial charge in [-0.25, -0.2) is 0 Å². The highest BCUT2D eigenvalue weighted by Crippen LogP contribution is 2.28. The van der Waals surface area contributed by atoms with Gasteiger partial charge in [-0.05, 0) is 44.1 Å². The molecule has 1 fully saturated rings. The van der Waals surface area contributed by atoms with Gasteiger partial charge in [0.1, 0.15) is 5.84 Å². The number of hydrazone groups is 1. The normalized spacial score (nSPS) is 18.6. The van der Waals surface area contributed by atoms with Gasteiger partial charge in [-0.1, -0.05) is 23.2 Å². The molecule has 0 saturated carbocycles. The number of hydrogen-bond acceptors (Lipinski definition) is 4. The summed E-state index contributed by atoms with van der Waals surface area (Å²) in [6.07, 6.45) is 3.07. The number of carbonyl (C=O) groups is 1. The smallest absolute Gasteiger partial charge is 0.239 e. The van der Waals surface area contributed by atoms with Crippen molar-refractivity contribution in [3.63, 3.8) is 0 Å². The number of amides is 1. The van der Waals surface area contributed by atoms with Crippen molar-refractivity contribution in [1.29, 1.82) is 0 Å². The Hall–Kier alpha value is -1.30. The van der Waals surface area contributed by atoms with E-state index in [2.05, 4.69) is 15.3 Å². The summed E-state index contributed by atoms with van der Waals surface area (Å²) in [7, 11) is 0. The fraction of sp³-hybridized carbons (Fsp3) is 0.467. The van der Waals surface area contributed by atoms with Crippen LogP contribution in [0.4, 0.5) is 5.69 Å². The van der Waals surface area contributed by atoms with Gasteiger partial charge in [0.25, 0.3) is 0 Å². The summed E-state index contributed by atoms with van der Waals surface area (Å²) in [5.41, 5.74) is 0.873. The van der Waals surface area contributed by atoms with Gasteiger partial charge in [-0.2, -0.15) is 5.10 Å². The second-order valence-corrected chi connectivity index (χ2v) is 6.36. The van der Waals surface area contributed by atoms with Crippen molar-refractivity contribution in [3.8, 4) is 0 Å². The molecule has 2 aliphatic rings. The number of likely N-dealkylation sites (tertiary alicyclic amines) is 1. The van der Waals surface area contributed by atoms with Crippen LogP contribution in [0.2, 0.25) is 10.0 Å². The molecule has 0 spiro atoms. The van der Waals surface area contributed by atoms with E-state index in [0.717, 1.165) is 25.3 Å². The first-order valence-electron chi connectivity index (χ1n) is 7.44. The summed E-state index contributed by atoms with van der Waals surface area (Å²) in [5, 5.41) is 10.2. The van der Waals surface area contributed by atoms with E-state index in [0.29, 0.717) is 28.8 Å². The van der Waals surface area contributed by atoms with Crippen molar-refractivity contribution in [2.45, 2.75) is 19.3 Å². The van der Waals surface area contributed by atoms with Crippen LogP contribution in [0.15, 0.2) is 23.3 Å². The lowest BCUT2D eigenvalue weighted by Crippen LogP contribution is -2.38. The quantitative estimate of drug-likeness (QED) is 0.920. The molecule has 3 rings (SSSR count). The number of nitrogens with zero attached hydrogens (tertiary/aromatic N) is 3. The van der Waals surface area contributed by atoms with Crippen LogP contribution in [-0.4, -0.2) is 42.8 Å². The molecule has 1 amide bonds. The zero-order valence-corrected chi connectivity index (χ0v) is 13.7. The second kappa shape index (κ2) is 6.86. The molecule has 1 aromatic rings. The number of amidine groups is 1. The first kappa shape index (κ1) is 15.6. The van der Waals surface area contributed by atoms with Crippen LogP contribution in [0.5, 0.6) is 0 Å². The van der Waals surface area contributed by atoms with Gasteiger partial charge >= 0.3 is 0 Å². The molecule has 0 aromatic heterocycles. The van der Waals surface area contributed by atoms with Gasteiger partial charge in [0.05, 0.1) is 22.3 Å². The summed E-state index contributed by atoms with van der Waals surface area (Å²) >= 11 is 11.9. The maximum Gasteiger partial charge on any atom is 0.239 e. The third-order valence-corrected chi connectivity index (χ3v) is 4.59. The fourth-order valence-electron chi connectivity index (χ4n) is 2.72. The van der Waals surface area contributed by atoms with E-state index < -0.39 is 0 Å². The summed E-state index contributed by atoms with van der Waals surface area (Å²) in [4.78, 5) is 14.2. The molecule has 5 nitrogen and oxygen atoms in total. The third kappa shape index (κ3) is 3.72. The van der Waals surface area contributed by atoms with Crippen molar-refractivity contribution in [3.05, 3.63) is 28.2 Å². The number of carbonyl (C=O) groups excluding carboxylic acids is 1. The van der Waals surface area contributed by atoms with Crippen LogP contribution in [0.3, 0.4) is 0 Å². The second-order valence-electron chi connectivity index (χ2n) is 5.55. The molecule has 2 aliphatic heterocycles. The molecule has 2 heterocycles. The van der Waals surface area contributed by atoms with Crippen molar-refractivity contribution in [2.24, 2.45) is 5.10 Å². The van der Waals surface area contributed by atoms with E-state index in [1.807, 2.05) is 11.1 Å². The van der Waals surface area contributed by atoms with Gasteiger partial charge in [-0.3, -0.25) is 14.7 Å². The van der Waals surface area contributed by atoms with Crippen LogP contribution in [0.25, 0.3) is 0 Å². The minimum atomic E-state index is 0.0108. The molecule has 1 saturated heterocycles. The van der Waals surface area contributed by atoms with Gasteiger partial charge in [-0.15, -0.1) is 0 Å². The van der Waals surface area contributed by atoms with E-state index >= 15 is 0 Å². The lowest BCUT2D eigenvalue weighted by molar-refractivity contribution is -0.120. The van der Waals surface area contributed by atoms with E-state index in [1.54, 1.807) is 12.1 Å². The molecule has 118 valence electrons. The SMILES string of the molecule is O=C(CN1CCCC1)NC1=NN(c2ccc(Cl)c(Cl)c2)CC1. The summed E-state index contributed by atoms with van der Waals surface area (Å²) in [6.45, 7) is 3.19. The van der Waals surface area contributed by atoms with Crippen molar-refractivity contribution >= 4 is 40.6 Å². The van der Waals surface area contributed by atoms with E-state index in [9.17, 15) is 4.79 Å². The molecule has 0 bridgehead atoms. The number of halogens is 2. The standard InChI is InChI=1S/C15H18Cl2N4O/c16-12-4-3-11(9-13(12)17)21-8-5-14(19-21)18-15(22)10-20-6-1-2-7-20/h3-4,9H,1-2,5-8,10H2,(H,18,19,22). The maximum atomic E-state index is 12.0. The van der Waals surface area contributed by atoms with Crippen LogP contribution >= 0.6 is 23.2 Å². The van der Waals surface area contributed by atoms with Crippen molar-refractivity contribution < 1.29 is 4.79 Å². The van der Waals surface area contributed by atoms with Gasteiger partial charge in [0, 0.05) is 13.0 Å². The minimum Gasteiger partial charge on any atom is -0.312 e. The predicted molar refractivity (Wildman–Crippen MR) is 89.7 cm³/mol. The topological polar surface area (TPSA) is 47.9 Å². The fourth-order valence-corrected chi connectivity index (χ4v) is 3.01.